The Bertz CT molecular complexity index is 3900. The van der Waals surface area contributed by atoms with Crippen LogP contribution in [-0.2, 0) is 48.5 Å². The molecule has 0 bridgehead atoms. The summed E-state index contributed by atoms with van der Waals surface area (Å²) in [7, 11) is -11.0. The van der Waals surface area contributed by atoms with Crippen LogP contribution in [0.4, 0.5) is 30.2 Å². The second kappa shape index (κ2) is 31.2. The highest BCUT2D eigenvalue weighted by atomic mass is 35.5. The fourth-order valence-electron chi connectivity index (χ4n) is 12.2. The molecule has 0 saturated carbocycles. The van der Waals surface area contributed by atoms with Gasteiger partial charge < -0.3 is 35.1 Å². The lowest BCUT2D eigenvalue weighted by molar-refractivity contribution is -0.136. The maximum atomic E-state index is 14.3. The van der Waals surface area contributed by atoms with Gasteiger partial charge in [0, 0.05) is 111 Å². The van der Waals surface area contributed by atoms with Gasteiger partial charge >= 0.3 is 5.51 Å². The number of rotatable bonds is 28. The van der Waals surface area contributed by atoms with Crippen molar-refractivity contribution in [1.29, 1.82) is 0 Å². The van der Waals surface area contributed by atoms with Crippen LogP contribution in [0.25, 0.3) is 5.57 Å². The Morgan fingerprint density at radius 2 is 1.54 bits per heavy atom. The van der Waals surface area contributed by atoms with Gasteiger partial charge in [-0.1, -0.05) is 60.5 Å². The zero-order valence-electron chi connectivity index (χ0n) is 52.2. The highest BCUT2D eigenvalue weighted by Gasteiger charge is 2.49. The first-order valence-electron chi connectivity index (χ1n) is 31.3. The van der Waals surface area contributed by atoms with Crippen molar-refractivity contribution in [3.05, 3.63) is 148 Å². The first kappa shape index (κ1) is 70.4. The van der Waals surface area contributed by atoms with Crippen LogP contribution in [0.5, 0.6) is 0 Å². The maximum absolute atomic E-state index is 14.3. The van der Waals surface area contributed by atoms with Crippen LogP contribution in [0.1, 0.15) is 82.1 Å². The zero-order valence-corrected chi connectivity index (χ0v) is 55.4. The minimum absolute atomic E-state index is 0.0164. The average Bonchev–Trinajstić information content (AvgIpc) is 1.72. The van der Waals surface area contributed by atoms with E-state index in [9.17, 15) is 58.8 Å². The molecule has 3 atom stereocenters. The highest BCUT2D eigenvalue weighted by molar-refractivity contribution is 7.99. The Labute approximate surface area is 558 Å². The van der Waals surface area contributed by atoms with E-state index in [2.05, 4.69) is 42.9 Å². The molecule has 5 aliphatic rings. The van der Waals surface area contributed by atoms with Crippen LogP contribution >= 0.6 is 23.4 Å². The summed E-state index contributed by atoms with van der Waals surface area (Å²) in [4.78, 5) is 83.7. The largest absolute Gasteiger partial charge is 0.501 e. The molecule has 508 valence electrons. The second-order valence-corrected chi connectivity index (χ2v) is 29.3. The van der Waals surface area contributed by atoms with E-state index in [1.54, 1.807) is 24.3 Å². The van der Waals surface area contributed by atoms with Gasteiger partial charge in [0.25, 0.3) is 37.6 Å². The summed E-state index contributed by atoms with van der Waals surface area (Å²) in [6, 6.07) is 28.8. The fraction of sp³-hybridized carbons (Fsp3) is 0.424. The van der Waals surface area contributed by atoms with E-state index in [-0.39, 0.29) is 73.8 Å². The Morgan fingerprint density at radius 1 is 0.811 bits per heavy atom. The molecule has 3 saturated heterocycles. The first-order chi connectivity index (χ1) is 45.4. The number of fused-ring (bicyclic) bond motifs is 1. The second-order valence-electron chi connectivity index (χ2n) is 24.2. The smallest absolute Gasteiger partial charge is 0.382 e. The number of anilines is 3. The number of morpholine rings is 1. The molecule has 0 spiro atoms. The lowest BCUT2D eigenvalue weighted by Gasteiger charge is -2.41. The van der Waals surface area contributed by atoms with E-state index in [1.165, 1.54) is 41.1 Å². The molecule has 5 N–H and O–H groups in total. The van der Waals surface area contributed by atoms with Crippen LogP contribution in [0.3, 0.4) is 0 Å². The predicted octanol–water partition coefficient (Wildman–Crippen LogP) is 7.48. The van der Waals surface area contributed by atoms with Crippen molar-refractivity contribution in [1.82, 2.24) is 30.1 Å². The van der Waals surface area contributed by atoms with E-state index in [1.807, 2.05) is 59.3 Å². The van der Waals surface area contributed by atoms with Crippen molar-refractivity contribution < 1.29 is 73.0 Å². The number of nitrogens with zero attached hydrogens (tertiary/aromatic N) is 4. The summed E-state index contributed by atoms with van der Waals surface area (Å²) in [6.45, 7) is 9.34. The van der Waals surface area contributed by atoms with Crippen molar-refractivity contribution >= 4 is 101 Å². The molecule has 6 amide bonds. The first-order valence-corrected chi connectivity index (χ1v) is 35.6. The van der Waals surface area contributed by atoms with Crippen LogP contribution in [0.2, 0.25) is 5.02 Å². The van der Waals surface area contributed by atoms with E-state index < -0.39 is 82.5 Å². The number of hydrogen-bond donors (Lipinski definition) is 5. The number of sulfonamides is 1. The van der Waals surface area contributed by atoms with Gasteiger partial charge in [-0.15, -0.1) is 11.8 Å². The molecule has 3 fully saturated rings. The van der Waals surface area contributed by atoms with Gasteiger partial charge in [-0.3, -0.25) is 48.8 Å². The zero-order chi connectivity index (χ0) is 67.5. The molecule has 5 aromatic carbocycles. The van der Waals surface area contributed by atoms with Gasteiger partial charge in [0.15, 0.2) is 0 Å². The summed E-state index contributed by atoms with van der Waals surface area (Å²) in [6.07, 6.45) is 2.77. The van der Waals surface area contributed by atoms with Crippen molar-refractivity contribution in [2.24, 2.45) is 5.41 Å². The molecular formula is C66H75ClF3N9O13S3. The normalized spacial score (nSPS) is 19.5. The van der Waals surface area contributed by atoms with Gasteiger partial charge in [0.1, 0.15) is 17.5 Å². The SMILES string of the molecule is CC1(CNC(=O)COCCOCCNc2cccc3c2C(=O)N(C2CCC(=O)NC2=O)C3=O)CCC(c2ccc(Cl)cc2)=C(CN2CCN(c3ccc(C(=O)NS(=O)(=O)c4ccc(N[C@H](CCN5CCOCC5)CSc5ccccc5)c(S(=O)(=O)C(F)(F)F)c4)cc3)CC2)C1. The van der Waals surface area contributed by atoms with Gasteiger partial charge in [-0.25, -0.2) is 21.6 Å². The van der Waals surface area contributed by atoms with E-state index in [0.717, 1.165) is 46.0 Å². The maximum Gasteiger partial charge on any atom is 0.501 e. The van der Waals surface area contributed by atoms with Crippen molar-refractivity contribution in [3.8, 4) is 0 Å². The molecule has 4 heterocycles. The molecule has 29 heteroatoms. The van der Waals surface area contributed by atoms with E-state index in [0.29, 0.717) is 107 Å². The number of thioether (sulfide) groups is 1. The lowest BCUT2D eigenvalue weighted by Crippen LogP contribution is -2.54. The summed E-state index contributed by atoms with van der Waals surface area (Å²) in [5.74, 6) is -3.38. The Balaban J connectivity index is 0.691. The van der Waals surface area contributed by atoms with Crippen molar-refractivity contribution in [3.63, 3.8) is 0 Å². The number of ether oxygens (including phenoxy) is 3. The number of benzene rings is 5. The number of allylic oxidation sites excluding steroid dienone is 1. The predicted molar refractivity (Wildman–Crippen MR) is 352 cm³/mol. The molecular weight excluding hydrogens is 1320 g/mol. The number of carbonyl (C=O) groups excluding carboxylic acids is 6. The molecule has 10 rings (SSSR count). The fourth-order valence-corrected chi connectivity index (χ4v) is 15.4. The number of nitrogens with one attached hydrogen (secondary N) is 5. The van der Waals surface area contributed by atoms with E-state index in [4.69, 9.17) is 25.8 Å². The molecule has 1 aliphatic carbocycles. The summed E-state index contributed by atoms with van der Waals surface area (Å²) >= 11 is 7.74. The Kier molecular flexibility index (Phi) is 23.1. The van der Waals surface area contributed by atoms with Crippen molar-refractivity contribution in [2.45, 2.75) is 77.7 Å². The number of imide groups is 2. The number of amides is 6. The quantitative estimate of drug-likeness (QED) is 0.0184. The number of halogens is 4. The van der Waals surface area contributed by atoms with E-state index >= 15 is 0 Å². The summed E-state index contributed by atoms with van der Waals surface area (Å²) in [5.41, 5.74) is -1.54. The molecule has 5 aromatic rings. The van der Waals surface area contributed by atoms with Gasteiger partial charge in [-0.2, -0.15) is 13.2 Å². The van der Waals surface area contributed by atoms with Crippen LogP contribution in [0, 0.1) is 5.41 Å². The molecule has 95 heavy (non-hydrogen) atoms. The Hall–Kier alpha value is -7.41. The topological polar surface area (TPSA) is 272 Å². The molecule has 4 aliphatic heterocycles. The third-order valence-corrected chi connectivity index (χ3v) is 21.7. The number of piperidine rings is 1. The molecule has 22 nitrogen and oxygen atoms in total. The summed E-state index contributed by atoms with van der Waals surface area (Å²) < 4.78 is 116. The third-order valence-electron chi connectivity index (χ3n) is 17.4. The van der Waals surface area contributed by atoms with Crippen molar-refractivity contribution in [2.75, 3.05) is 126 Å². The minimum Gasteiger partial charge on any atom is -0.382 e. The standard InChI is InChI=1S/C66H75ClF3N9O13S3/c1-65(43-72-59(81)41-92-37-36-90-33-25-71-55-9-5-8-53-60(55)64(85)79(63(53)84)56-20-21-58(80)74-62(56)83)24-22-52(44-10-14-47(67)15-11-44)46(39-65)40-77-27-29-78(30-28-77)49-16-12-45(13-17-49)61(82)75-95(88,89)51-18-19-54(57(38-51)94(86,87)66(68,69)70)73-48(23-26-76-31-34-91-35-32-76)42-93-50-6-3-2-4-7-50/h2-19,38,48,56,71,73H,20-37,39-43H2,1H3,(H,72,81)(H,75,82)(H,74,80,83)/t48-,56?,65?/m1/s1. The number of piperazine rings is 1. The van der Waals surface area contributed by atoms with Crippen LogP contribution in [-0.4, -0.2) is 195 Å². The Morgan fingerprint density at radius 3 is 2.25 bits per heavy atom. The third kappa shape index (κ3) is 17.8. The molecule has 0 aromatic heterocycles. The average molecular weight is 1390 g/mol. The molecule has 2 unspecified atom stereocenters. The van der Waals surface area contributed by atoms with Gasteiger partial charge in [0.05, 0.1) is 54.7 Å². The number of alkyl halides is 3. The van der Waals surface area contributed by atoms with Crippen LogP contribution < -0.4 is 30.9 Å². The van der Waals surface area contributed by atoms with Gasteiger partial charge in [-0.05, 0) is 128 Å². The molecule has 0 radical (unpaired) electrons. The minimum atomic E-state index is -6.11. The monoisotopic (exact) mass is 1390 g/mol. The number of hydrogen-bond acceptors (Lipinski definition) is 19. The van der Waals surface area contributed by atoms with Crippen LogP contribution in [0.15, 0.2) is 136 Å². The van der Waals surface area contributed by atoms with Gasteiger partial charge in [0.2, 0.25) is 17.7 Å². The summed E-state index contributed by atoms with van der Waals surface area (Å²) in [5, 5.41) is 12.0. The number of carbonyl (C=O) groups is 6. The number of sulfone groups is 1. The highest BCUT2D eigenvalue weighted by Crippen LogP contribution is 2.44. The lowest BCUT2D eigenvalue weighted by atomic mass is 9.71.